The fraction of sp³-hybridized carbons (Fsp3) is 0.278. The minimum absolute atomic E-state index is 0.676. The number of anilines is 1. The lowest BCUT2D eigenvalue weighted by Gasteiger charge is -2.29. The molecule has 1 N–H and O–H groups in total. The smallest absolute Gasteiger partial charge is 0.140 e. The highest BCUT2D eigenvalue weighted by Gasteiger charge is 2.17. The summed E-state index contributed by atoms with van der Waals surface area (Å²) in [6.07, 6.45) is 3.41. The van der Waals surface area contributed by atoms with Crippen LogP contribution in [0.25, 0.3) is 22.2 Å². The van der Waals surface area contributed by atoms with Crippen molar-refractivity contribution in [2.75, 3.05) is 31.1 Å². The van der Waals surface area contributed by atoms with E-state index in [0.717, 1.165) is 59.7 Å². The lowest BCUT2D eigenvalue weighted by Crippen LogP contribution is -2.44. The van der Waals surface area contributed by atoms with Crippen LogP contribution in [0.2, 0.25) is 5.02 Å². The van der Waals surface area contributed by atoms with Gasteiger partial charge in [0, 0.05) is 43.3 Å². The van der Waals surface area contributed by atoms with Gasteiger partial charge < -0.3 is 10.2 Å². The Kier molecular flexibility index (Phi) is 4.04. The number of pyridine rings is 1. The highest BCUT2D eigenvalue weighted by atomic mass is 35.5. The molecule has 5 nitrogen and oxygen atoms in total. The zero-order chi connectivity index (χ0) is 16.5. The molecular weight excluding hydrogens is 322 g/mol. The molecule has 0 unspecified atom stereocenters. The standard InChI is InChI=1S/C18H18ClN5/c1-12-3-2-4-21-17(12)13-10-16-14(9-15(13)19)18(23-11-22-16)24-7-5-20-6-8-24/h2-4,9-11,20H,5-8H2,1H3. The van der Waals surface area contributed by atoms with E-state index in [2.05, 4.69) is 25.2 Å². The van der Waals surface area contributed by atoms with E-state index in [1.165, 1.54) is 0 Å². The number of nitrogens with one attached hydrogen (secondary N) is 1. The Morgan fingerprint density at radius 1 is 1.12 bits per heavy atom. The summed E-state index contributed by atoms with van der Waals surface area (Å²) in [5.41, 5.74) is 3.79. The quantitative estimate of drug-likeness (QED) is 0.777. The molecule has 1 saturated heterocycles. The molecule has 0 spiro atoms. The maximum absolute atomic E-state index is 6.59. The number of halogens is 1. The van der Waals surface area contributed by atoms with Gasteiger partial charge in [0.05, 0.1) is 16.2 Å². The van der Waals surface area contributed by atoms with Crippen molar-refractivity contribution in [2.45, 2.75) is 6.92 Å². The van der Waals surface area contributed by atoms with Crippen molar-refractivity contribution in [3.05, 3.63) is 47.4 Å². The van der Waals surface area contributed by atoms with Crippen molar-refractivity contribution >= 4 is 28.3 Å². The minimum atomic E-state index is 0.676. The van der Waals surface area contributed by atoms with Gasteiger partial charge in [-0.3, -0.25) is 4.98 Å². The van der Waals surface area contributed by atoms with Crippen LogP contribution in [0.1, 0.15) is 5.56 Å². The largest absolute Gasteiger partial charge is 0.353 e. The van der Waals surface area contributed by atoms with Crippen molar-refractivity contribution in [1.29, 1.82) is 0 Å². The Labute approximate surface area is 145 Å². The number of aromatic nitrogens is 3. The molecular formula is C18H18ClN5. The lowest BCUT2D eigenvalue weighted by molar-refractivity contribution is 0.586. The predicted octanol–water partition coefficient (Wildman–Crippen LogP) is 3.06. The Morgan fingerprint density at radius 2 is 1.96 bits per heavy atom. The molecule has 122 valence electrons. The summed E-state index contributed by atoms with van der Waals surface area (Å²) in [5.74, 6) is 0.952. The number of piperazine rings is 1. The van der Waals surface area contributed by atoms with E-state index in [4.69, 9.17) is 11.6 Å². The molecule has 1 aromatic carbocycles. The van der Waals surface area contributed by atoms with Crippen LogP contribution in [0.3, 0.4) is 0 Å². The fourth-order valence-electron chi connectivity index (χ4n) is 3.14. The zero-order valence-electron chi connectivity index (χ0n) is 13.5. The van der Waals surface area contributed by atoms with Crippen LogP contribution in [0.15, 0.2) is 36.8 Å². The Bertz CT molecular complexity index is 890. The average molecular weight is 340 g/mol. The van der Waals surface area contributed by atoms with E-state index in [1.54, 1.807) is 12.5 Å². The van der Waals surface area contributed by atoms with Crippen LogP contribution in [-0.4, -0.2) is 41.1 Å². The Balaban J connectivity index is 1.86. The van der Waals surface area contributed by atoms with Gasteiger partial charge in [0.1, 0.15) is 12.1 Å². The van der Waals surface area contributed by atoms with Crippen LogP contribution in [0.5, 0.6) is 0 Å². The average Bonchev–Trinajstić information content (AvgIpc) is 2.62. The van der Waals surface area contributed by atoms with E-state index >= 15 is 0 Å². The molecule has 0 aliphatic carbocycles. The third-order valence-corrected chi connectivity index (χ3v) is 4.70. The van der Waals surface area contributed by atoms with Crippen molar-refractivity contribution in [3.63, 3.8) is 0 Å². The van der Waals surface area contributed by atoms with Gasteiger partial charge in [-0.15, -0.1) is 0 Å². The summed E-state index contributed by atoms with van der Waals surface area (Å²) in [6.45, 7) is 5.83. The second-order valence-electron chi connectivity index (χ2n) is 5.95. The van der Waals surface area contributed by atoms with E-state index < -0.39 is 0 Å². The van der Waals surface area contributed by atoms with Gasteiger partial charge in [0.15, 0.2) is 0 Å². The van der Waals surface area contributed by atoms with Crippen LogP contribution in [0.4, 0.5) is 5.82 Å². The molecule has 24 heavy (non-hydrogen) atoms. The number of fused-ring (bicyclic) bond motifs is 1. The van der Waals surface area contributed by atoms with E-state index in [-0.39, 0.29) is 0 Å². The number of nitrogens with zero attached hydrogens (tertiary/aromatic N) is 4. The number of hydrogen-bond donors (Lipinski definition) is 1. The SMILES string of the molecule is Cc1cccnc1-c1cc2ncnc(N3CCNCC3)c2cc1Cl. The van der Waals surface area contributed by atoms with Gasteiger partial charge in [-0.25, -0.2) is 9.97 Å². The van der Waals surface area contributed by atoms with Gasteiger partial charge in [-0.2, -0.15) is 0 Å². The normalized spacial score (nSPS) is 15.0. The second-order valence-corrected chi connectivity index (χ2v) is 6.36. The summed E-state index contributed by atoms with van der Waals surface area (Å²) in [4.78, 5) is 15.7. The number of benzene rings is 1. The number of hydrogen-bond acceptors (Lipinski definition) is 5. The molecule has 3 heterocycles. The summed E-state index contributed by atoms with van der Waals surface area (Å²) in [5, 5.41) is 5.03. The minimum Gasteiger partial charge on any atom is -0.353 e. The van der Waals surface area contributed by atoms with Crippen molar-refractivity contribution in [1.82, 2.24) is 20.3 Å². The van der Waals surface area contributed by atoms with Crippen LogP contribution >= 0.6 is 11.6 Å². The molecule has 0 saturated carbocycles. The molecule has 4 rings (SSSR count). The van der Waals surface area contributed by atoms with Crippen LogP contribution < -0.4 is 10.2 Å². The first-order valence-corrected chi connectivity index (χ1v) is 8.44. The van der Waals surface area contributed by atoms with Gasteiger partial charge in [0.2, 0.25) is 0 Å². The first-order chi connectivity index (χ1) is 11.7. The summed E-state index contributed by atoms with van der Waals surface area (Å²) >= 11 is 6.59. The van der Waals surface area contributed by atoms with Gasteiger partial charge in [0.25, 0.3) is 0 Å². The lowest BCUT2D eigenvalue weighted by atomic mass is 10.0. The number of aryl methyl sites for hydroxylation is 1. The third-order valence-electron chi connectivity index (χ3n) is 4.38. The van der Waals surface area contributed by atoms with Crippen molar-refractivity contribution in [3.8, 4) is 11.3 Å². The maximum atomic E-state index is 6.59. The second kappa shape index (κ2) is 6.34. The van der Waals surface area contributed by atoms with Crippen LogP contribution in [-0.2, 0) is 0 Å². The van der Waals surface area contributed by atoms with E-state index in [1.807, 2.05) is 31.2 Å². The topological polar surface area (TPSA) is 53.9 Å². The molecule has 0 atom stereocenters. The maximum Gasteiger partial charge on any atom is 0.140 e. The molecule has 1 fully saturated rings. The highest BCUT2D eigenvalue weighted by Crippen LogP contribution is 2.34. The Morgan fingerprint density at radius 3 is 2.75 bits per heavy atom. The fourth-order valence-corrected chi connectivity index (χ4v) is 3.39. The predicted molar refractivity (Wildman–Crippen MR) is 97.6 cm³/mol. The van der Waals surface area contributed by atoms with Gasteiger partial charge in [-0.05, 0) is 30.7 Å². The Hall–Kier alpha value is -2.24. The zero-order valence-corrected chi connectivity index (χ0v) is 14.2. The van der Waals surface area contributed by atoms with Gasteiger partial charge in [-0.1, -0.05) is 17.7 Å². The molecule has 2 aromatic heterocycles. The molecule has 6 heteroatoms. The third kappa shape index (κ3) is 2.70. The molecule has 0 bridgehead atoms. The summed E-state index contributed by atoms with van der Waals surface area (Å²) < 4.78 is 0. The summed E-state index contributed by atoms with van der Waals surface area (Å²) in [7, 11) is 0. The van der Waals surface area contributed by atoms with Gasteiger partial charge >= 0.3 is 0 Å². The molecule has 3 aromatic rings. The van der Waals surface area contributed by atoms with E-state index in [0.29, 0.717) is 5.02 Å². The molecule has 1 aliphatic rings. The van der Waals surface area contributed by atoms with Crippen molar-refractivity contribution in [2.24, 2.45) is 0 Å². The first-order valence-electron chi connectivity index (χ1n) is 8.06. The summed E-state index contributed by atoms with van der Waals surface area (Å²) in [6, 6.07) is 7.95. The molecule has 0 radical (unpaired) electrons. The monoisotopic (exact) mass is 339 g/mol. The van der Waals surface area contributed by atoms with E-state index in [9.17, 15) is 0 Å². The molecule has 0 amide bonds. The van der Waals surface area contributed by atoms with Crippen LogP contribution in [0, 0.1) is 6.92 Å². The first kappa shape index (κ1) is 15.3. The number of rotatable bonds is 2. The van der Waals surface area contributed by atoms with Crippen molar-refractivity contribution < 1.29 is 0 Å². The highest BCUT2D eigenvalue weighted by molar-refractivity contribution is 6.34. The molecule has 1 aliphatic heterocycles.